The maximum absolute atomic E-state index is 10.7. The number of hydrogen-bond acceptors (Lipinski definition) is 2. The zero-order valence-electron chi connectivity index (χ0n) is 15.0. The maximum atomic E-state index is 10.7. The van der Waals surface area contributed by atoms with Crippen molar-refractivity contribution >= 4 is 6.21 Å². The number of rotatable bonds is 5. The van der Waals surface area contributed by atoms with E-state index in [0.29, 0.717) is 5.92 Å². The Morgan fingerprint density at radius 3 is 2.23 bits per heavy atom. The predicted molar refractivity (Wildman–Crippen MR) is 98.4 cm³/mol. The van der Waals surface area contributed by atoms with Crippen molar-refractivity contribution in [2.45, 2.75) is 65.9 Å². The molecule has 2 heteroatoms. The van der Waals surface area contributed by atoms with Crippen molar-refractivity contribution < 1.29 is 5.11 Å². The van der Waals surface area contributed by atoms with Crippen LogP contribution < -0.4 is 0 Å². The van der Waals surface area contributed by atoms with Gasteiger partial charge in [0, 0.05) is 12.4 Å². The van der Waals surface area contributed by atoms with Gasteiger partial charge in [0.05, 0.1) is 5.60 Å². The van der Waals surface area contributed by atoms with Crippen molar-refractivity contribution in [2.24, 2.45) is 10.9 Å². The van der Waals surface area contributed by atoms with Crippen molar-refractivity contribution in [1.82, 2.24) is 0 Å². The van der Waals surface area contributed by atoms with E-state index in [2.05, 4.69) is 43.6 Å². The van der Waals surface area contributed by atoms with Crippen molar-refractivity contribution in [2.75, 3.05) is 0 Å². The van der Waals surface area contributed by atoms with E-state index in [1.54, 1.807) is 6.21 Å². The molecule has 2 nitrogen and oxygen atoms in total. The standard InChI is InChI=1S/C14H20O.C4H7N.C2H6/c1-3-11-7-5-6-8-13(11)14(15,4-2)12-9-10-12;1-3-5-4-2;1-2/h5-8,12,15H,3-4,9-10H2,1-2H3;3-4H,1H2,2H3;1-2H3. The Morgan fingerprint density at radius 2 is 1.86 bits per heavy atom. The molecule has 0 aliphatic heterocycles. The topological polar surface area (TPSA) is 32.6 Å². The SMILES string of the molecule is C=CN=CC.CC.CCc1ccccc1C(O)(CC)C1CC1. The van der Waals surface area contributed by atoms with Crippen molar-refractivity contribution in [3.8, 4) is 0 Å². The average molecular weight is 303 g/mol. The van der Waals surface area contributed by atoms with Gasteiger partial charge >= 0.3 is 0 Å². The maximum Gasteiger partial charge on any atom is 0.0924 e. The van der Waals surface area contributed by atoms with Gasteiger partial charge in [-0.3, -0.25) is 4.99 Å². The summed E-state index contributed by atoms with van der Waals surface area (Å²) in [7, 11) is 0. The van der Waals surface area contributed by atoms with Crippen LogP contribution in [0.15, 0.2) is 42.0 Å². The molecule has 0 saturated heterocycles. The predicted octanol–water partition coefficient (Wildman–Crippen LogP) is 5.50. The van der Waals surface area contributed by atoms with Gasteiger partial charge in [0.15, 0.2) is 0 Å². The molecule has 1 aliphatic rings. The Morgan fingerprint density at radius 1 is 1.27 bits per heavy atom. The van der Waals surface area contributed by atoms with Gasteiger partial charge in [-0.05, 0) is 49.7 Å². The van der Waals surface area contributed by atoms with E-state index < -0.39 is 5.60 Å². The Bertz CT molecular complexity index is 449. The molecule has 1 saturated carbocycles. The Kier molecular flexibility index (Phi) is 10.5. The minimum atomic E-state index is -0.563. The first-order valence-corrected chi connectivity index (χ1v) is 8.53. The van der Waals surface area contributed by atoms with Gasteiger partial charge in [0.1, 0.15) is 0 Å². The van der Waals surface area contributed by atoms with Crippen LogP contribution in [0, 0.1) is 5.92 Å². The van der Waals surface area contributed by atoms with Gasteiger partial charge < -0.3 is 5.11 Å². The van der Waals surface area contributed by atoms with Crippen LogP contribution >= 0.6 is 0 Å². The largest absolute Gasteiger partial charge is 0.385 e. The van der Waals surface area contributed by atoms with Gasteiger partial charge in [0.25, 0.3) is 0 Å². The van der Waals surface area contributed by atoms with Crippen LogP contribution in [0.5, 0.6) is 0 Å². The van der Waals surface area contributed by atoms with Crippen LogP contribution in [0.3, 0.4) is 0 Å². The van der Waals surface area contributed by atoms with Gasteiger partial charge in [-0.1, -0.05) is 58.5 Å². The number of aliphatic hydroxyl groups is 1. The number of aryl methyl sites for hydroxylation is 1. The first kappa shape index (κ1) is 20.6. The molecule has 22 heavy (non-hydrogen) atoms. The zero-order chi connectivity index (χ0) is 17.0. The molecule has 0 bridgehead atoms. The molecule has 0 spiro atoms. The molecule has 1 N–H and O–H groups in total. The van der Waals surface area contributed by atoms with Crippen molar-refractivity contribution in [3.63, 3.8) is 0 Å². The summed E-state index contributed by atoms with van der Waals surface area (Å²) in [6.07, 6.45) is 7.39. The minimum absolute atomic E-state index is 0.496. The van der Waals surface area contributed by atoms with E-state index in [-0.39, 0.29) is 0 Å². The van der Waals surface area contributed by atoms with Crippen LogP contribution in [-0.4, -0.2) is 11.3 Å². The summed E-state index contributed by atoms with van der Waals surface area (Å²) in [6.45, 7) is 13.4. The number of nitrogens with zero attached hydrogens (tertiary/aromatic N) is 1. The highest BCUT2D eigenvalue weighted by Gasteiger charge is 2.44. The molecule has 0 heterocycles. The molecule has 1 atom stereocenters. The van der Waals surface area contributed by atoms with Crippen LogP contribution in [0.4, 0.5) is 0 Å². The first-order valence-electron chi connectivity index (χ1n) is 8.53. The molecule has 0 amide bonds. The lowest BCUT2D eigenvalue weighted by Crippen LogP contribution is -2.28. The number of benzene rings is 1. The normalized spacial score (nSPS) is 15.9. The van der Waals surface area contributed by atoms with Gasteiger partial charge in [-0.2, -0.15) is 0 Å². The molecule has 1 fully saturated rings. The van der Waals surface area contributed by atoms with Crippen LogP contribution in [0.1, 0.15) is 65.0 Å². The fourth-order valence-corrected chi connectivity index (χ4v) is 2.62. The van der Waals surface area contributed by atoms with E-state index in [1.807, 2.05) is 26.8 Å². The lowest BCUT2D eigenvalue weighted by Gasteiger charge is -2.29. The molecule has 1 unspecified atom stereocenters. The van der Waals surface area contributed by atoms with Crippen LogP contribution in [0.2, 0.25) is 0 Å². The Labute approximate surface area is 137 Å². The summed E-state index contributed by atoms with van der Waals surface area (Å²) in [4.78, 5) is 3.61. The minimum Gasteiger partial charge on any atom is -0.385 e. The molecule has 0 aromatic heterocycles. The van der Waals surface area contributed by atoms with Gasteiger partial charge in [0.2, 0.25) is 0 Å². The van der Waals surface area contributed by atoms with Crippen LogP contribution in [-0.2, 0) is 12.0 Å². The third kappa shape index (κ3) is 5.76. The molecule has 1 aromatic rings. The zero-order valence-corrected chi connectivity index (χ0v) is 15.0. The monoisotopic (exact) mass is 303 g/mol. The lowest BCUT2D eigenvalue weighted by molar-refractivity contribution is 0.00811. The number of aliphatic imine (C=N–C) groups is 1. The molecule has 1 aliphatic carbocycles. The molecule has 1 aromatic carbocycles. The van der Waals surface area contributed by atoms with Gasteiger partial charge in [-0.25, -0.2) is 0 Å². The van der Waals surface area contributed by atoms with E-state index in [9.17, 15) is 5.11 Å². The smallest absolute Gasteiger partial charge is 0.0924 e. The molecular weight excluding hydrogens is 270 g/mol. The summed E-state index contributed by atoms with van der Waals surface area (Å²) in [5.74, 6) is 0.496. The summed E-state index contributed by atoms with van der Waals surface area (Å²) < 4.78 is 0. The fraction of sp³-hybridized carbons (Fsp3) is 0.550. The van der Waals surface area contributed by atoms with Crippen LogP contribution in [0.25, 0.3) is 0 Å². The summed E-state index contributed by atoms with van der Waals surface area (Å²) in [5, 5.41) is 10.7. The van der Waals surface area contributed by atoms with Crippen molar-refractivity contribution in [3.05, 3.63) is 48.2 Å². The quantitative estimate of drug-likeness (QED) is 0.715. The average Bonchev–Trinajstić information content (AvgIpc) is 3.42. The second kappa shape index (κ2) is 11.2. The summed E-state index contributed by atoms with van der Waals surface area (Å²) in [5.41, 5.74) is 1.90. The Balaban J connectivity index is 0.000000540. The second-order valence-electron chi connectivity index (χ2n) is 5.15. The van der Waals surface area contributed by atoms with E-state index in [4.69, 9.17) is 0 Å². The Hall–Kier alpha value is -1.41. The lowest BCUT2D eigenvalue weighted by atomic mass is 9.83. The second-order valence-corrected chi connectivity index (χ2v) is 5.15. The fourth-order valence-electron chi connectivity index (χ4n) is 2.62. The first-order chi connectivity index (χ1) is 10.6. The highest BCUT2D eigenvalue weighted by atomic mass is 16.3. The highest BCUT2D eigenvalue weighted by Crippen LogP contribution is 2.48. The third-order valence-electron chi connectivity index (χ3n) is 3.91. The third-order valence-corrected chi connectivity index (χ3v) is 3.91. The summed E-state index contributed by atoms with van der Waals surface area (Å²) in [6, 6.07) is 8.34. The molecular formula is C20H33NO. The summed E-state index contributed by atoms with van der Waals surface area (Å²) >= 11 is 0. The highest BCUT2D eigenvalue weighted by molar-refractivity contribution is 5.53. The van der Waals surface area contributed by atoms with Gasteiger partial charge in [-0.15, -0.1) is 0 Å². The van der Waals surface area contributed by atoms with E-state index >= 15 is 0 Å². The van der Waals surface area contributed by atoms with E-state index in [1.165, 1.54) is 24.6 Å². The molecule has 124 valence electrons. The molecule has 0 radical (unpaired) electrons. The number of hydrogen-bond donors (Lipinski definition) is 1. The molecule has 2 rings (SSSR count). The van der Waals surface area contributed by atoms with E-state index in [0.717, 1.165) is 18.4 Å². The van der Waals surface area contributed by atoms with Crippen molar-refractivity contribution in [1.29, 1.82) is 0 Å².